The summed E-state index contributed by atoms with van der Waals surface area (Å²) in [5.41, 5.74) is 5.50. The van der Waals surface area contributed by atoms with Gasteiger partial charge in [0.1, 0.15) is 5.75 Å². The summed E-state index contributed by atoms with van der Waals surface area (Å²) in [6.45, 7) is 0. The Labute approximate surface area is 231 Å². The third-order valence-corrected chi connectivity index (χ3v) is 8.23. The molecule has 1 aliphatic carbocycles. The smallest absolute Gasteiger partial charge is 0.234 e. The van der Waals surface area contributed by atoms with Gasteiger partial charge in [-0.05, 0) is 57.6 Å². The minimum absolute atomic E-state index is 0.420. The Hall–Kier alpha value is -5.28. The number of carbonyl (C=O) groups excluding carboxylic acids is 2. The third kappa shape index (κ3) is 3.12. The van der Waals surface area contributed by atoms with Gasteiger partial charge in [-0.1, -0.05) is 103 Å². The van der Waals surface area contributed by atoms with Gasteiger partial charge in [-0.3, -0.25) is 9.59 Å². The van der Waals surface area contributed by atoms with E-state index in [4.69, 9.17) is 4.74 Å². The van der Waals surface area contributed by atoms with Crippen LogP contribution in [-0.4, -0.2) is 11.6 Å². The Morgan fingerprint density at radius 2 is 1.23 bits per heavy atom. The average Bonchev–Trinajstić information content (AvgIpc) is 3.27. The molecule has 0 N–H and O–H groups in total. The molecule has 0 saturated heterocycles. The number of rotatable bonds is 3. The quantitative estimate of drug-likeness (QED) is 0.223. The van der Waals surface area contributed by atoms with E-state index >= 15 is 0 Å². The zero-order valence-electron chi connectivity index (χ0n) is 21.4. The molecule has 0 fully saturated rings. The molecular formula is C37H22O3. The van der Waals surface area contributed by atoms with E-state index in [2.05, 4.69) is 66.7 Å². The van der Waals surface area contributed by atoms with Gasteiger partial charge < -0.3 is 4.74 Å². The molecule has 0 unspecified atom stereocenters. The van der Waals surface area contributed by atoms with Crippen molar-refractivity contribution in [3.8, 4) is 16.9 Å². The first kappa shape index (κ1) is 22.7. The number of Topliss-reactive ketones (excluding diaryl/α,β-unsaturated/α-hetero) is 2. The summed E-state index contributed by atoms with van der Waals surface area (Å²) in [4.78, 5) is 25.0. The van der Waals surface area contributed by atoms with Gasteiger partial charge in [0.2, 0.25) is 11.6 Å². The molecule has 3 heteroatoms. The van der Waals surface area contributed by atoms with E-state index in [1.807, 2.05) is 54.6 Å². The van der Waals surface area contributed by atoms with Gasteiger partial charge in [-0.25, -0.2) is 0 Å². The lowest BCUT2D eigenvalue weighted by atomic mass is 9.83. The predicted octanol–water partition coefficient (Wildman–Crippen LogP) is 8.39. The Balaban J connectivity index is 1.26. The van der Waals surface area contributed by atoms with Crippen LogP contribution in [0.25, 0.3) is 38.7 Å². The zero-order valence-corrected chi connectivity index (χ0v) is 21.4. The average molecular weight is 515 g/mol. The molecule has 0 amide bonds. The third-order valence-electron chi connectivity index (χ3n) is 8.23. The van der Waals surface area contributed by atoms with Crippen LogP contribution in [-0.2, 0) is 5.60 Å². The Kier molecular flexibility index (Phi) is 4.74. The van der Waals surface area contributed by atoms with Crippen molar-refractivity contribution < 1.29 is 14.3 Å². The van der Waals surface area contributed by atoms with Crippen LogP contribution in [0.2, 0.25) is 0 Å². The van der Waals surface area contributed by atoms with Crippen molar-refractivity contribution in [1.82, 2.24) is 0 Å². The molecule has 0 radical (unpaired) electrons. The summed E-state index contributed by atoms with van der Waals surface area (Å²) >= 11 is 0. The second-order valence-corrected chi connectivity index (χ2v) is 10.4. The van der Waals surface area contributed by atoms with Crippen LogP contribution >= 0.6 is 0 Å². The maximum Gasteiger partial charge on any atom is 0.234 e. The van der Waals surface area contributed by atoms with Gasteiger partial charge in [-0.2, -0.15) is 0 Å². The van der Waals surface area contributed by atoms with E-state index in [-0.39, 0.29) is 0 Å². The highest BCUT2D eigenvalue weighted by atomic mass is 16.5. The summed E-state index contributed by atoms with van der Waals surface area (Å²) < 4.78 is 6.88. The summed E-state index contributed by atoms with van der Waals surface area (Å²) in [5, 5.41) is 3.87. The molecule has 0 atom stereocenters. The zero-order chi connectivity index (χ0) is 26.8. The van der Waals surface area contributed by atoms with Crippen LogP contribution in [0, 0.1) is 0 Å². The first-order chi connectivity index (χ1) is 19.6. The maximum absolute atomic E-state index is 12.5. The first-order valence-corrected chi connectivity index (χ1v) is 13.4. The summed E-state index contributed by atoms with van der Waals surface area (Å²) in [6.07, 6.45) is 4.33. The predicted molar refractivity (Wildman–Crippen MR) is 159 cm³/mol. The molecule has 1 heterocycles. The van der Waals surface area contributed by atoms with Crippen molar-refractivity contribution in [2.24, 2.45) is 0 Å². The SMILES string of the molecule is O=C1C(=O)c2ccc(-c3ccc4c5c(ccc4c3)OC(c3ccccc3)(c3ccccc3)C=C5)c3cccc1c23. The Bertz CT molecular complexity index is 1990. The molecule has 0 spiro atoms. The minimum Gasteiger partial charge on any atom is -0.473 e. The van der Waals surface area contributed by atoms with Gasteiger partial charge >= 0.3 is 0 Å². The van der Waals surface area contributed by atoms with E-state index in [1.54, 1.807) is 12.1 Å². The monoisotopic (exact) mass is 514 g/mol. The second-order valence-electron chi connectivity index (χ2n) is 10.4. The van der Waals surface area contributed by atoms with Gasteiger partial charge in [0.25, 0.3) is 0 Å². The van der Waals surface area contributed by atoms with Crippen molar-refractivity contribution in [2.45, 2.75) is 5.60 Å². The number of hydrogen-bond acceptors (Lipinski definition) is 3. The standard InChI is InChI=1S/C37H22O3/c38-35-31-13-7-12-30-28(17-18-32(34(30)31)36(35)39)23-14-16-27-24(22-23)15-19-33-29(27)20-21-37(40-33,25-8-3-1-4-9-25)26-10-5-2-6-11-26/h1-22H. The molecular weight excluding hydrogens is 492 g/mol. The van der Waals surface area contributed by atoms with Crippen LogP contribution in [0.3, 0.4) is 0 Å². The largest absolute Gasteiger partial charge is 0.473 e. The number of carbonyl (C=O) groups is 2. The summed E-state index contributed by atoms with van der Waals surface area (Å²) in [5.74, 6) is -0.00803. The van der Waals surface area contributed by atoms with Crippen LogP contribution in [0.15, 0.2) is 127 Å². The highest BCUT2D eigenvalue weighted by Gasteiger charge is 2.37. The normalized spacial score (nSPS) is 14.9. The number of ether oxygens (including phenoxy) is 1. The molecule has 188 valence electrons. The Morgan fingerprint density at radius 3 is 1.95 bits per heavy atom. The van der Waals surface area contributed by atoms with E-state index in [1.165, 1.54) is 0 Å². The molecule has 0 saturated carbocycles. The van der Waals surface area contributed by atoms with Crippen LogP contribution < -0.4 is 4.74 Å². The first-order valence-electron chi connectivity index (χ1n) is 13.4. The fourth-order valence-electron chi connectivity index (χ4n) is 6.30. The molecule has 0 bridgehead atoms. The van der Waals surface area contributed by atoms with Crippen LogP contribution in [0.5, 0.6) is 5.75 Å². The molecule has 40 heavy (non-hydrogen) atoms. The van der Waals surface area contributed by atoms with Crippen molar-refractivity contribution in [1.29, 1.82) is 0 Å². The lowest BCUT2D eigenvalue weighted by Gasteiger charge is -2.36. The molecule has 2 aliphatic rings. The topological polar surface area (TPSA) is 43.4 Å². The van der Waals surface area contributed by atoms with Gasteiger partial charge in [0.05, 0.1) is 0 Å². The molecule has 3 nitrogen and oxygen atoms in total. The lowest BCUT2D eigenvalue weighted by molar-refractivity contribution is 0.0825. The number of ketones is 2. The highest BCUT2D eigenvalue weighted by Crippen LogP contribution is 2.45. The number of benzene rings is 6. The lowest BCUT2D eigenvalue weighted by Crippen LogP contribution is -2.34. The molecule has 6 aromatic rings. The van der Waals surface area contributed by atoms with E-state index < -0.39 is 17.2 Å². The Morgan fingerprint density at radius 1 is 0.550 bits per heavy atom. The number of fused-ring (bicyclic) bond motifs is 3. The minimum atomic E-state index is -0.720. The second kappa shape index (κ2) is 8.36. The van der Waals surface area contributed by atoms with Crippen LogP contribution in [0.4, 0.5) is 0 Å². The van der Waals surface area contributed by atoms with Crippen molar-refractivity contribution in [3.05, 3.63) is 155 Å². The van der Waals surface area contributed by atoms with Crippen molar-refractivity contribution in [3.63, 3.8) is 0 Å². The fraction of sp³-hybridized carbons (Fsp3) is 0.0270. The maximum atomic E-state index is 12.5. The van der Waals surface area contributed by atoms with Gasteiger partial charge in [-0.15, -0.1) is 0 Å². The fourth-order valence-corrected chi connectivity index (χ4v) is 6.30. The highest BCUT2D eigenvalue weighted by molar-refractivity contribution is 6.57. The molecule has 8 rings (SSSR count). The summed E-state index contributed by atoms with van der Waals surface area (Å²) in [6, 6.07) is 40.5. The van der Waals surface area contributed by atoms with Crippen LogP contribution in [0.1, 0.15) is 37.4 Å². The molecule has 1 aliphatic heterocycles. The number of hydrogen-bond donors (Lipinski definition) is 0. The van der Waals surface area contributed by atoms with Crippen molar-refractivity contribution in [2.75, 3.05) is 0 Å². The van der Waals surface area contributed by atoms with Gasteiger partial charge in [0.15, 0.2) is 5.60 Å². The summed E-state index contributed by atoms with van der Waals surface area (Å²) in [7, 11) is 0. The van der Waals surface area contributed by atoms with E-state index in [0.29, 0.717) is 11.1 Å². The molecule has 0 aromatic heterocycles. The molecule has 6 aromatic carbocycles. The van der Waals surface area contributed by atoms with E-state index in [9.17, 15) is 9.59 Å². The van der Waals surface area contributed by atoms with E-state index in [0.717, 1.165) is 55.1 Å². The van der Waals surface area contributed by atoms with Gasteiger partial charge in [0, 0.05) is 33.2 Å². The van der Waals surface area contributed by atoms with Crippen molar-refractivity contribution >= 4 is 39.2 Å².